The van der Waals surface area contributed by atoms with Gasteiger partial charge in [-0.2, -0.15) is 0 Å². The van der Waals surface area contributed by atoms with Gasteiger partial charge < -0.3 is 51.0 Å². The van der Waals surface area contributed by atoms with Crippen LogP contribution >= 0.6 is 0 Å². The maximum Gasteiger partial charge on any atom is 0.326 e. The summed E-state index contributed by atoms with van der Waals surface area (Å²) in [5.74, 6) is -6.52. The van der Waals surface area contributed by atoms with Crippen LogP contribution in [0.2, 0.25) is 0 Å². The van der Waals surface area contributed by atoms with Crippen molar-refractivity contribution in [1.82, 2.24) is 35.6 Å². The Hall–Kier alpha value is -7.11. The molecule has 4 rings (SSSR count). The number of carbonyl (C=O) groups excluding carboxylic acids is 10. The first-order valence-corrected chi connectivity index (χ1v) is 35.3. The summed E-state index contributed by atoms with van der Waals surface area (Å²) in [5.41, 5.74) is 7.58. The number of likely N-dealkylation sites (N-methyl/N-ethyl adjacent to an activating group) is 3. The minimum Gasteiger partial charge on any atom is -0.480 e. The molecule has 0 radical (unpaired) electrons. The van der Waals surface area contributed by atoms with Gasteiger partial charge >= 0.3 is 12.0 Å². The number of ketones is 2. The maximum atomic E-state index is 15.0. The zero-order valence-electron chi connectivity index (χ0n) is 60.9. The number of hydrogen-bond donors (Lipinski definition) is 5. The first-order chi connectivity index (χ1) is 45.8. The van der Waals surface area contributed by atoms with E-state index in [1.54, 1.807) is 55.1 Å². The summed E-state index contributed by atoms with van der Waals surface area (Å²) in [6.45, 7) is 22.5. The monoisotopic (exact) mass is 1360 g/mol. The van der Waals surface area contributed by atoms with Crippen molar-refractivity contribution in [3.63, 3.8) is 0 Å². The smallest absolute Gasteiger partial charge is 0.326 e. The number of carbonyl (C=O) groups is 11. The van der Waals surface area contributed by atoms with Crippen LogP contribution in [0.3, 0.4) is 0 Å². The van der Waals surface area contributed by atoms with E-state index in [9.17, 15) is 57.8 Å². The third-order valence-corrected chi connectivity index (χ3v) is 20.1. The van der Waals surface area contributed by atoms with Crippen LogP contribution in [0.1, 0.15) is 171 Å². The van der Waals surface area contributed by atoms with Crippen LogP contribution in [0.15, 0.2) is 54.6 Å². The van der Waals surface area contributed by atoms with Crippen molar-refractivity contribution in [2.45, 2.75) is 215 Å². The van der Waals surface area contributed by atoms with Gasteiger partial charge in [0.05, 0.1) is 42.7 Å². The van der Waals surface area contributed by atoms with Gasteiger partial charge in [-0.25, -0.2) is 9.59 Å². The van der Waals surface area contributed by atoms with E-state index < -0.39 is 89.9 Å². The summed E-state index contributed by atoms with van der Waals surface area (Å²) in [7, 11) is 8.26. The fourth-order valence-electron chi connectivity index (χ4n) is 14.0. The van der Waals surface area contributed by atoms with Gasteiger partial charge in [-0.1, -0.05) is 131 Å². The molecule has 542 valence electrons. The van der Waals surface area contributed by atoms with Crippen molar-refractivity contribution in [2.75, 3.05) is 66.4 Å². The fourth-order valence-corrected chi connectivity index (χ4v) is 14.0. The Kier molecular flexibility index (Phi) is 34.0. The summed E-state index contributed by atoms with van der Waals surface area (Å²) in [5, 5.41) is 18.2. The average Bonchev–Trinajstić information content (AvgIpc) is 1.82. The number of primary amides is 1. The van der Waals surface area contributed by atoms with Crippen molar-refractivity contribution < 1.29 is 67.3 Å². The molecule has 2 heterocycles. The third-order valence-electron chi connectivity index (χ3n) is 20.1. The number of anilines is 1. The second-order valence-electron chi connectivity index (χ2n) is 28.5. The molecule has 9 amide bonds. The molecule has 0 aromatic heterocycles. The van der Waals surface area contributed by atoms with E-state index in [1.165, 1.54) is 24.0 Å². The highest BCUT2D eigenvalue weighted by Gasteiger charge is 2.45. The summed E-state index contributed by atoms with van der Waals surface area (Å²) in [6.07, 6.45) is 3.66. The predicted molar refractivity (Wildman–Crippen MR) is 373 cm³/mol. The molecule has 2 saturated heterocycles. The first-order valence-electron chi connectivity index (χ1n) is 35.3. The number of rotatable bonds is 43. The zero-order chi connectivity index (χ0) is 72.5. The number of unbranched alkanes of at least 4 members (excludes halogenated alkanes) is 2. The van der Waals surface area contributed by atoms with Gasteiger partial charge in [0.15, 0.2) is 5.78 Å². The molecule has 23 nitrogen and oxygen atoms in total. The lowest BCUT2D eigenvalue weighted by molar-refractivity contribution is -0.149. The molecule has 2 aliphatic rings. The van der Waals surface area contributed by atoms with Gasteiger partial charge in [-0.05, 0) is 105 Å². The predicted octanol–water partition coefficient (Wildman–Crippen LogP) is 7.87. The number of carboxylic acids is 1. The Morgan fingerprint density at radius 3 is 1.92 bits per heavy atom. The topological polar surface area (TPSA) is 305 Å². The number of nitrogens with two attached hydrogens (primary N) is 1. The van der Waals surface area contributed by atoms with Gasteiger partial charge in [-0.3, -0.25) is 53.0 Å². The quantitative estimate of drug-likeness (QED) is 0.0312. The summed E-state index contributed by atoms with van der Waals surface area (Å²) >= 11 is 0. The van der Waals surface area contributed by atoms with Crippen LogP contribution < -0.4 is 26.6 Å². The molecular formula is C74H117N9O14. The van der Waals surface area contributed by atoms with Gasteiger partial charge in [-0.15, -0.1) is 0 Å². The summed E-state index contributed by atoms with van der Waals surface area (Å²) in [4.78, 5) is 157. The molecule has 2 aliphatic heterocycles. The molecule has 12 atom stereocenters. The first kappa shape index (κ1) is 82.3. The number of carboxylic acid groups (broad SMARTS) is 1. The molecule has 2 aromatic rings. The Labute approximate surface area is 577 Å². The molecule has 2 fully saturated rings. The molecular weight excluding hydrogens is 1240 g/mol. The van der Waals surface area contributed by atoms with Crippen LogP contribution in [0.25, 0.3) is 0 Å². The normalized spacial score (nSPS) is 18.1. The number of nitrogens with zero attached hydrogens (tertiary/aromatic N) is 5. The van der Waals surface area contributed by atoms with Crippen molar-refractivity contribution in [1.29, 1.82) is 0 Å². The molecule has 1 unspecified atom stereocenters. The number of benzene rings is 2. The lowest BCUT2D eigenvalue weighted by atomic mass is 9.83. The number of likely N-dealkylation sites (tertiary alicyclic amines) is 2. The standard InChI is InChI=1S/C74H117N9O14/c1-17-49(10)66(62(96-15)44-64(87)82-38-25-30-60(82)67(97-16)50(11)68(88)78-59(73(93)94)40-52-26-20-18-21-27-52)81(14)70(90)56(46(4)5)42-61(85)65(48(8)9)79(12)39-35-51-31-33-53(34-32-51)80(13)72(92)58(29-24-36-76-74(75)95)77-69(89)55(45(2)3)41-54(84)28-22-19-23-37-83-63(86)43-57(47(6)7)71(83)91/h18,20-21,26-27,31-34,45-50,55-60,62,65-67H,17,19,22-25,28-30,35-44H2,1-16H3,(H,77,89)(H,78,88)(H,93,94)(H3,75,76,95)/t49-,50+,55-,56-,57?,58-,59-,60-,62+,65-,66-,67+/m0/s1. The molecule has 0 aliphatic carbocycles. The number of aliphatic carboxylic acids is 1. The zero-order valence-corrected chi connectivity index (χ0v) is 60.9. The van der Waals surface area contributed by atoms with Crippen LogP contribution in [-0.4, -0.2) is 194 Å². The van der Waals surface area contributed by atoms with Crippen molar-refractivity contribution in [2.24, 2.45) is 59.0 Å². The number of Topliss-reactive ketones (excluding diaryl/α,β-unsaturated/α-hetero) is 2. The van der Waals surface area contributed by atoms with Crippen LogP contribution in [0.5, 0.6) is 0 Å². The minimum atomic E-state index is -1.17. The number of imide groups is 1. The van der Waals surface area contributed by atoms with Crippen molar-refractivity contribution in [3.05, 3.63) is 65.7 Å². The van der Waals surface area contributed by atoms with E-state index in [1.807, 2.05) is 112 Å². The lowest BCUT2D eigenvalue weighted by Crippen LogP contribution is -2.55. The minimum absolute atomic E-state index is 0.0132. The largest absolute Gasteiger partial charge is 0.480 e. The highest BCUT2D eigenvalue weighted by atomic mass is 16.5. The number of amides is 9. The van der Waals surface area contributed by atoms with Gasteiger partial charge in [0, 0.05) is 110 Å². The molecule has 2 aromatic carbocycles. The molecule has 0 bridgehead atoms. The highest BCUT2D eigenvalue weighted by molar-refractivity contribution is 6.03. The van der Waals surface area contributed by atoms with Crippen LogP contribution in [0.4, 0.5) is 10.5 Å². The van der Waals surface area contributed by atoms with Gasteiger partial charge in [0.2, 0.25) is 41.4 Å². The number of urea groups is 1. The SMILES string of the molecule is CC[C@H](C)[C@@H]([C@@H](CC(=O)N1CCC[C@H]1[C@H](OC)[C@@H](C)C(=O)N[C@@H](Cc1ccccc1)C(=O)O)OC)N(C)C(=O)[C@@H](CC(=O)[C@H](C(C)C)N(C)CCc1ccc(N(C)C(=O)[C@H](CCCNC(N)=O)NC(=O)[C@@H](CC(=O)CCCCCN2C(=O)CC(C(C)C)C2=O)C(C)C)cc1)C(C)C. The maximum absolute atomic E-state index is 15.0. The van der Waals surface area contributed by atoms with Crippen molar-refractivity contribution in [3.8, 4) is 0 Å². The van der Waals surface area contributed by atoms with Gasteiger partial charge in [0.25, 0.3) is 0 Å². The van der Waals surface area contributed by atoms with Crippen molar-refractivity contribution >= 4 is 70.6 Å². The molecule has 97 heavy (non-hydrogen) atoms. The Bertz CT molecular complexity index is 2920. The van der Waals surface area contributed by atoms with Crippen LogP contribution in [-0.2, 0) is 70.3 Å². The Morgan fingerprint density at radius 2 is 1.36 bits per heavy atom. The van der Waals surface area contributed by atoms with E-state index in [2.05, 4.69) is 16.0 Å². The molecule has 6 N–H and O–H groups in total. The third kappa shape index (κ3) is 24.1. The fraction of sp³-hybridized carbons (Fsp3) is 0.689. The highest BCUT2D eigenvalue weighted by Crippen LogP contribution is 2.33. The summed E-state index contributed by atoms with van der Waals surface area (Å²) < 4.78 is 12.1. The Balaban J connectivity index is 1.39. The number of nitrogens with one attached hydrogen (secondary N) is 3. The summed E-state index contributed by atoms with van der Waals surface area (Å²) in [6, 6.07) is 12.0. The molecule has 23 heteroatoms. The van der Waals surface area contributed by atoms with Gasteiger partial charge in [0.1, 0.15) is 17.9 Å². The van der Waals surface area contributed by atoms with E-state index in [4.69, 9.17) is 15.2 Å². The number of ether oxygens (including phenoxy) is 2. The average molecular weight is 1360 g/mol. The number of methoxy groups -OCH3 is 2. The second-order valence-corrected chi connectivity index (χ2v) is 28.5. The molecule has 0 saturated carbocycles. The number of hydrogen-bond acceptors (Lipinski definition) is 14. The second kappa shape index (κ2) is 40.1. The van der Waals surface area contributed by atoms with E-state index in [0.717, 1.165) is 11.1 Å². The van der Waals surface area contributed by atoms with Crippen LogP contribution in [0, 0.1) is 53.3 Å². The van der Waals surface area contributed by atoms with E-state index in [0.29, 0.717) is 76.7 Å². The Morgan fingerprint density at radius 1 is 0.722 bits per heavy atom. The lowest BCUT2D eigenvalue weighted by Gasteiger charge is -2.41. The van der Waals surface area contributed by atoms with E-state index in [-0.39, 0.29) is 122 Å². The van der Waals surface area contributed by atoms with E-state index >= 15 is 0 Å². The molecule has 0 spiro atoms.